The fraction of sp³-hybridized carbons (Fsp3) is 0.200. The molecule has 7 heteroatoms. The van der Waals surface area contributed by atoms with E-state index in [1.165, 1.54) is 10.8 Å². The smallest absolute Gasteiger partial charge is 0.269 e. The van der Waals surface area contributed by atoms with Gasteiger partial charge in [0.05, 0.1) is 17.2 Å². The maximum atomic E-state index is 12.6. The number of nitrogens with zero attached hydrogens (tertiary/aromatic N) is 3. The molecule has 0 aliphatic rings. The van der Waals surface area contributed by atoms with Gasteiger partial charge in [-0.2, -0.15) is 0 Å². The van der Waals surface area contributed by atoms with Crippen molar-refractivity contribution in [1.82, 2.24) is 19.8 Å². The summed E-state index contributed by atoms with van der Waals surface area (Å²) in [7, 11) is 3.26. The largest absolute Gasteiger partial charge is 0.355 e. The Morgan fingerprint density at radius 2 is 1.81 bits per heavy atom. The summed E-state index contributed by atoms with van der Waals surface area (Å²) < 4.78 is 1.43. The van der Waals surface area contributed by atoms with E-state index in [-0.39, 0.29) is 23.9 Å². The number of nitrogens with one attached hydrogen (secondary N) is 1. The predicted molar refractivity (Wildman–Crippen MR) is 102 cm³/mol. The van der Waals surface area contributed by atoms with Gasteiger partial charge in [0.2, 0.25) is 5.91 Å². The second-order valence-corrected chi connectivity index (χ2v) is 6.20. The number of amides is 2. The molecule has 3 rings (SSSR count). The lowest BCUT2D eigenvalue weighted by Crippen LogP contribution is -2.33. The first-order valence-electron chi connectivity index (χ1n) is 8.49. The zero-order valence-corrected chi connectivity index (χ0v) is 15.2. The molecular weight excluding hydrogens is 344 g/mol. The minimum Gasteiger partial charge on any atom is -0.355 e. The van der Waals surface area contributed by atoms with Crippen molar-refractivity contribution in [3.63, 3.8) is 0 Å². The Balaban J connectivity index is 1.74. The van der Waals surface area contributed by atoms with Gasteiger partial charge in [-0.05, 0) is 29.8 Å². The van der Waals surface area contributed by atoms with Gasteiger partial charge in [0, 0.05) is 26.2 Å². The molecule has 2 amide bonds. The molecule has 1 aromatic heterocycles. The van der Waals surface area contributed by atoms with Crippen LogP contribution in [0.1, 0.15) is 15.9 Å². The Labute approximate surface area is 156 Å². The Morgan fingerprint density at radius 1 is 1.11 bits per heavy atom. The highest BCUT2D eigenvalue weighted by Crippen LogP contribution is 2.10. The minimum atomic E-state index is -0.314. The number of para-hydroxylation sites is 2. The van der Waals surface area contributed by atoms with E-state index in [1.807, 2.05) is 24.3 Å². The molecule has 0 aliphatic heterocycles. The molecular formula is C20H20N4O3. The van der Waals surface area contributed by atoms with Gasteiger partial charge in [0.1, 0.15) is 6.54 Å². The summed E-state index contributed by atoms with van der Waals surface area (Å²) in [5.74, 6) is -0.348. The van der Waals surface area contributed by atoms with Crippen LogP contribution >= 0.6 is 0 Å². The third-order valence-electron chi connectivity index (χ3n) is 4.33. The van der Waals surface area contributed by atoms with Gasteiger partial charge in [-0.3, -0.25) is 19.0 Å². The number of carbonyl (C=O) groups is 2. The molecule has 0 saturated heterocycles. The van der Waals surface area contributed by atoms with E-state index in [2.05, 4.69) is 10.3 Å². The summed E-state index contributed by atoms with van der Waals surface area (Å²) in [6.45, 7) is 0.319. The summed E-state index contributed by atoms with van der Waals surface area (Å²) >= 11 is 0. The highest BCUT2D eigenvalue weighted by Gasteiger charge is 2.13. The second kappa shape index (κ2) is 7.82. The van der Waals surface area contributed by atoms with Crippen molar-refractivity contribution >= 4 is 22.8 Å². The number of hydrogen-bond donors (Lipinski definition) is 1. The van der Waals surface area contributed by atoms with Crippen molar-refractivity contribution in [2.24, 2.45) is 0 Å². The van der Waals surface area contributed by atoms with Crippen LogP contribution in [0.25, 0.3) is 11.0 Å². The van der Waals surface area contributed by atoms with Gasteiger partial charge in [-0.25, -0.2) is 4.98 Å². The average Bonchev–Trinajstić information content (AvgIpc) is 2.70. The van der Waals surface area contributed by atoms with Crippen LogP contribution in [-0.4, -0.2) is 40.4 Å². The first-order chi connectivity index (χ1) is 13.0. The zero-order valence-electron chi connectivity index (χ0n) is 15.2. The standard InChI is InChI=1S/C20H20N4O3/c1-21-20(27)15-9-7-14(8-10-15)12-23(2)19(26)13-24-17-6-4-3-5-16(17)22-11-18(24)25/h3-11H,12-13H2,1-2H3,(H,21,27). The van der Waals surface area contributed by atoms with E-state index in [9.17, 15) is 14.4 Å². The zero-order chi connectivity index (χ0) is 19.4. The summed E-state index contributed by atoms with van der Waals surface area (Å²) in [6.07, 6.45) is 1.23. The fourth-order valence-electron chi connectivity index (χ4n) is 2.80. The predicted octanol–water partition coefficient (Wildman–Crippen LogP) is 1.41. The molecule has 0 atom stereocenters. The van der Waals surface area contributed by atoms with Crippen molar-refractivity contribution in [2.75, 3.05) is 14.1 Å². The summed E-state index contributed by atoms with van der Waals surface area (Å²) in [4.78, 5) is 42.0. The number of hydrogen-bond acceptors (Lipinski definition) is 4. The highest BCUT2D eigenvalue weighted by molar-refractivity contribution is 5.93. The summed E-state index contributed by atoms with van der Waals surface area (Å²) in [6, 6.07) is 14.3. The van der Waals surface area contributed by atoms with Gasteiger partial charge < -0.3 is 10.2 Å². The lowest BCUT2D eigenvalue weighted by molar-refractivity contribution is -0.131. The Morgan fingerprint density at radius 3 is 2.52 bits per heavy atom. The number of benzene rings is 2. The highest BCUT2D eigenvalue weighted by atomic mass is 16.2. The van der Waals surface area contributed by atoms with Gasteiger partial charge in [0.15, 0.2) is 0 Å². The van der Waals surface area contributed by atoms with E-state index in [0.717, 1.165) is 5.56 Å². The summed E-state index contributed by atoms with van der Waals surface area (Å²) in [5, 5.41) is 2.57. The normalized spacial score (nSPS) is 10.6. The third-order valence-corrected chi connectivity index (χ3v) is 4.33. The van der Waals surface area contributed by atoms with Crippen LogP contribution in [0.2, 0.25) is 0 Å². The van der Waals surface area contributed by atoms with Crippen LogP contribution in [0.15, 0.2) is 59.5 Å². The number of carbonyl (C=O) groups excluding carboxylic acids is 2. The Hall–Kier alpha value is -3.48. The molecule has 3 aromatic rings. The van der Waals surface area contributed by atoms with Crippen LogP contribution in [0, 0.1) is 0 Å². The van der Waals surface area contributed by atoms with E-state index in [1.54, 1.807) is 43.3 Å². The SMILES string of the molecule is CNC(=O)c1ccc(CN(C)C(=O)Cn2c(=O)cnc3ccccc32)cc1. The second-order valence-electron chi connectivity index (χ2n) is 6.20. The first kappa shape index (κ1) is 18.3. The molecule has 0 saturated carbocycles. The summed E-state index contributed by atoms with van der Waals surface area (Å²) in [5.41, 5.74) is 2.43. The molecule has 7 nitrogen and oxygen atoms in total. The average molecular weight is 364 g/mol. The Bertz CT molecular complexity index is 1040. The Kier molecular flexibility index (Phi) is 5.30. The van der Waals surface area contributed by atoms with Crippen LogP contribution < -0.4 is 10.9 Å². The van der Waals surface area contributed by atoms with Crippen LogP contribution in [0.4, 0.5) is 0 Å². The monoisotopic (exact) mass is 364 g/mol. The number of likely N-dealkylation sites (N-methyl/N-ethyl adjacent to an activating group) is 1. The van der Waals surface area contributed by atoms with E-state index >= 15 is 0 Å². The number of rotatable bonds is 5. The first-order valence-corrected chi connectivity index (χ1v) is 8.49. The van der Waals surface area contributed by atoms with Crippen molar-refractivity contribution in [2.45, 2.75) is 13.1 Å². The molecule has 27 heavy (non-hydrogen) atoms. The maximum absolute atomic E-state index is 12.6. The molecule has 0 aliphatic carbocycles. The molecule has 0 unspecified atom stereocenters. The topological polar surface area (TPSA) is 84.3 Å². The lowest BCUT2D eigenvalue weighted by Gasteiger charge is -2.19. The molecule has 138 valence electrons. The van der Waals surface area contributed by atoms with Gasteiger partial charge >= 0.3 is 0 Å². The van der Waals surface area contributed by atoms with Gasteiger partial charge in [-0.15, -0.1) is 0 Å². The van der Waals surface area contributed by atoms with Crippen molar-refractivity contribution in [3.8, 4) is 0 Å². The van der Waals surface area contributed by atoms with E-state index < -0.39 is 0 Å². The molecule has 1 N–H and O–H groups in total. The number of fused-ring (bicyclic) bond motifs is 1. The van der Waals surface area contributed by atoms with Crippen molar-refractivity contribution < 1.29 is 9.59 Å². The van der Waals surface area contributed by atoms with Crippen LogP contribution in [0.5, 0.6) is 0 Å². The lowest BCUT2D eigenvalue weighted by atomic mass is 10.1. The van der Waals surface area contributed by atoms with Crippen LogP contribution in [0.3, 0.4) is 0 Å². The van der Waals surface area contributed by atoms with Crippen LogP contribution in [-0.2, 0) is 17.9 Å². The molecule has 0 spiro atoms. The quantitative estimate of drug-likeness (QED) is 0.742. The van der Waals surface area contributed by atoms with Gasteiger partial charge in [0.25, 0.3) is 11.5 Å². The molecule has 0 bridgehead atoms. The molecule has 1 heterocycles. The molecule has 2 aromatic carbocycles. The maximum Gasteiger partial charge on any atom is 0.269 e. The number of aromatic nitrogens is 2. The third kappa shape index (κ3) is 4.03. The van der Waals surface area contributed by atoms with Crippen molar-refractivity contribution in [1.29, 1.82) is 0 Å². The van der Waals surface area contributed by atoms with E-state index in [0.29, 0.717) is 23.1 Å². The fourth-order valence-corrected chi connectivity index (χ4v) is 2.80. The van der Waals surface area contributed by atoms with Gasteiger partial charge in [-0.1, -0.05) is 24.3 Å². The van der Waals surface area contributed by atoms with Crippen molar-refractivity contribution in [3.05, 3.63) is 76.2 Å². The minimum absolute atomic E-state index is 0.0608. The van der Waals surface area contributed by atoms with E-state index in [4.69, 9.17) is 0 Å². The molecule has 0 fully saturated rings. The molecule has 0 radical (unpaired) electrons.